The van der Waals surface area contributed by atoms with Crippen molar-refractivity contribution in [3.63, 3.8) is 0 Å². The van der Waals surface area contributed by atoms with Crippen LogP contribution in [0.1, 0.15) is 20.3 Å². The van der Waals surface area contributed by atoms with Crippen LogP contribution in [-0.2, 0) is 9.59 Å². The van der Waals surface area contributed by atoms with E-state index in [-0.39, 0.29) is 12.5 Å². The monoisotopic (exact) mass is 218 g/mol. The molecule has 2 atom stereocenters. The minimum Gasteiger partial charge on any atom is -0.480 e. The van der Waals surface area contributed by atoms with Gasteiger partial charge in [0.25, 0.3) is 5.91 Å². The van der Waals surface area contributed by atoms with Gasteiger partial charge in [0.2, 0.25) is 0 Å². The molecule has 0 aromatic heterocycles. The molecule has 0 aliphatic carbocycles. The van der Waals surface area contributed by atoms with Crippen LogP contribution in [0.5, 0.6) is 0 Å². The summed E-state index contributed by atoms with van der Waals surface area (Å²) in [5, 5.41) is 20.1. The summed E-state index contributed by atoms with van der Waals surface area (Å²) < 4.78 is 0. The smallest absolute Gasteiger partial charge is 0.326 e. The van der Waals surface area contributed by atoms with Gasteiger partial charge < -0.3 is 21.3 Å². The molecule has 0 rings (SSSR count). The number of carboxylic acid groups (broad SMARTS) is 1. The van der Waals surface area contributed by atoms with Gasteiger partial charge in [-0.05, 0) is 12.3 Å². The minimum absolute atomic E-state index is 0.140. The maximum atomic E-state index is 11.2. The van der Waals surface area contributed by atoms with E-state index in [4.69, 9.17) is 15.9 Å². The van der Waals surface area contributed by atoms with Gasteiger partial charge in [0, 0.05) is 6.54 Å². The quantitative estimate of drug-likeness (QED) is 0.453. The summed E-state index contributed by atoms with van der Waals surface area (Å²) in [7, 11) is 0. The molecular formula is C9H18N2O4. The lowest BCUT2D eigenvalue weighted by molar-refractivity contribution is -0.143. The van der Waals surface area contributed by atoms with Crippen LogP contribution >= 0.6 is 0 Å². The normalized spacial score (nSPS) is 14.7. The lowest BCUT2D eigenvalue weighted by atomic mass is 10.0. The van der Waals surface area contributed by atoms with Gasteiger partial charge in [-0.25, -0.2) is 4.79 Å². The molecule has 0 saturated heterocycles. The van der Waals surface area contributed by atoms with Crippen LogP contribution in [0.25, 0.3) is 0 Å². The lowest BCUT2D eigenvalue weighted by Crippen LogP contribution is -2.48. The zero-order valence-corrected chi connectivity index (χ0v) is 8.93. The number of aliphatic hydroxyl groups excluding tert-OH is 1. The molecule has 0 aliphatic rings. The second-order valence-corrected chi connectivity index (χ2v) is 3.78. The van der Waals surface area contributed by atoms with Crippen molar-refractivity contribution >= 4 is 11.9 Å². The topological polar surface area (TPSA) is 113 Å². The molecule has 5 N–H and O–H groups in total. The molecule has 0 aromatic rings. The fourth-order valence-corrected chi connectivity index (χ4v) is 1.07. The molecule has 0 bridgehead atoms. The number of nitrogens with two attached hydrogens (primary N) is 1. The number of rotatable bonds is 6. The number of amides is 1. The van der Waals surface area contributed by atoms with Crippen molar-refractivity contribution in [1.82, 2.24) is 5.32 Å². The van der Waals surface area contributed by atoms with Crippen LogP contribution in [-0.4, -0.2) is 40.8 Å². The fourth-order valence-electron chi connectivity index (χ4n) is 1.07. The predicted octanol–water partition coefficient (Wildman–Crippen LogP) is -1.08. The molecule has 88 valence electrons. The summed E-state index contributed by atoms with van der Waals surface area (Å²) >= 11 is 0. The highest BCUT2D eigenvalue weighted by Gasteiger charge is 2.23. The molecule has 1 unspecified atom stereocenters. The van der Waals surface area contributed by atoms with E-state index < -0.39 is 24.0 Å². The zero-order chi connectivity index (χ0) is 12.0. The van der Waals surface area contributed by atoms with Crippen molar-refractivity contribution in [3.05, 3.63) is 0 Å². The van der Waals surface area contributed by atoms with Gasteiger partial charge in [-0.1, -0.05) is 13.8 Å². The molecule has 0 heterocycles. The third-order valence-corrected chi connectivity index (χ3v) is 1.85. The Morgan fingerprint density at radius 1 is 1.40 bits per heavy atom. The standard InChI is InChI=1S/C9H18N2O4/c1-5(2)3-6(9(14)15)11-8(13)7(12)4-10/h5-7,12H,3-4,10H2,1-2H3,(H,11,13)(H,14,15)/t6?,7-/m0/s1. The third kappa shape index (κ3) is 5.34. The molecule has 0 aliphatic heterocycles. The van der Waals surface area contributed by atoms with E-state index in [1.54, 1.807) is 0 Å². The van der Waals surface area contributed by atoms with Gasteiger partial charge >= 0.3 is 5.97 Å². The Kier molecular flexibility index (Phi) is 5.88. The molecule has 0 radical (unpaired) electrons. The molecule has 1 amide bonds. The molecule has 0 fully saturated rings. The van der Waals surface area contributed by atoms with E-state index >= 15 is 0 Å². The van der Waals surface area contributed by atoms with E-state index in [1.807, 2.05) is 13.8 Å². The van der Waals surface area contributed by atoms with Crippen molar-refractivity contribution in [2.24, 2.45) is 11.7 Å². The minimum atomic E-state index is -1.35. The Bertz CT molecular complexity index is 230. The van der Waals surface area contributed by atoms with Crippen molar-refractivity contribution in [1.29, 1.82) is 0 Å². The first-order valence-corrected chi connectivity index (χ1v) is 4.79. The Balaban J connectivity index is 4.29. The lowest BCUT2D eigenvalue weighted by Gasteiger charge is -2.17. The van der Waals surface area contributed by atoms with Crippen LogP contribution in [0.2, 0.25) is 0 Å². The summed E-state index contributed by atoms with van der Waals surface area (Å²) in [6, 6.07) is -0.973. The number of carbonyl (C=O) groups excluding carboxylic acids is 1. The average Bonchev–Trinajstić information content (AvgIpc) is 2.14. The van der Waals surface area contributed by atoms with E-state index in [0.717, 1.165) is 0 Å². The first kappa shape index (κ1) is 13.9. The van der Waals surface area contributed by atoms with E-state index in [9.17, 15) is 9.59 Å². The van der Waals surface area contributed by atoms with Crippen molar-refractivity contribution < 1.29 is 19.8 Å². The molecule has 6 heteroatoms. The summed E-state index contributed by atoms with van der Waals surface area (Å²) in [6.45, 7) is 3.47. The Morgan fingerprint density at radius 2 is 1.93 bits per heavy atom. The largest absolute Gasteiger partial charge is 0.480 e. The molecule has 15 heavy (non-hydrogen) atoms. The maximum Gasteiger partial charge on any atom is 0.326 e. The van der Waals surface area contributed by atoms with Crippen LogP contribution in [0, 0.1) is 5.92 Å². The fraction of sp³-hybridized carbons (Fsp3) is 0.778. The SMILES string of the molecule is CC(C)CC(NC(=O)[C@@H](O)CN)C(=O)O. The maximum absolute atomic E-state index is 11.2. The van der Waals surface area contributed by atoms with Gasteiger partial charge in [0.15, 0.2) is 0 Å². The predicted molar refractivity (Wildman–Crippen MR) is 54.1 cm³/mol. The van der Waals surface area contributed by atoms with E-state index in [2.05, 4.69) is 5.32 Å². The van der Waals surface area contributed by atoms with Crippen molar-refractivity contribution in [2.75, 3.05) is 6.54 Å². The third-order valence-electron chi connectivity index (χ3n) is 1.85. The first-order chi connectivity index (χ1) is 6.88. The Labute approximate surface area is 88.5 Å². The van der Waals surface area contributed by atoms with Gasteiger partial charge in [-0.3, -0.25) is 4.79 Å². The number of aliphatic hydroxyl groups is 1. The van der Waals surface area contributed by atoms with Crippen LogP contribution in [0.4, 0.5) is 0 Å². The molecular weight excluding hydrogens is 200 g/mol. The first-order valence-electron chi connectivity index (χ1n) is 4.79. The number of carbonyl (C=O) groups is 2. The molecule has 0 saturated carbocycles. The molecule has 6 nitrogen and oxygen atoms in total. The van der Waals surface area contributed by atoms with E-state index in [1.165, 1.54) is 0 Å². The van der Waals surface area contributed by atoms with Crippen molar-refractivity contribution in [2.45, 2.75) is 32.4 Å². The van der Waals surface area contributed by atoms with Crippen LogP contribution < -0.4 is 11.1 Å². The van der Waals surface area contributed by atoms with Gasteiger partial charge in [-0.15, -0.1) is 0 Å². The van der Waals surface area contributed by atoms with Gasteiger partial charge in [0.05, 0.1) is 0 Å². The van der Waals surface area contributed by atoms with Crippen LogP contribution in [0.15, 0.2) is 0 Å². The highest BCUT2D eigenvalue weighted by Crippen LogP contribution is 2.05. The average molecular weight is 218 g/mol. The number of aliphatic carboxylic acids is 1. The number of hydrogen-bond acceptors (Lipinski definition) is 4. The second kappa shape index (κ2) is 6.36. The number of nitrogens with one attached hydrogen (secondary N) is 1. The van der Waals surface area contributed by atoms with E-state index in [0.29, 0.717) is 6.42 Å². The van der Waals surface area contributed by atoms with Gasteiger partial charge in [0.1, 0.15) is 12.1 Å². The summed E-state index contributed by atoms with van der Waals surface area (Å²) in [6.07, 6.45) is -1.03. The zero-order valence-electron chi connectivity index (χ0n) is 8.93. The number of hydrogen-bond donors (Lipinski definition) is 4. The summed E-state index contributed by atoms with van der Waals surface area (Å²) in [4.78, 5) is 21.9. The molecule has 0 spiro atoms. The summed E-state index contributed by atoms with van der Waals surface area (Å²) in [5.41, 5.74) is 5.07. The summed E-state index contributed by atoms with van der Waals surface area (Å²) in [5.74, 6) is -1.71. The highest BCUT2D eigenvalue weighted by molar-refractivity contribution is 5.86. The van der Waals surface area contributed by atoms with Gasteiger partial charge in [-0.2, -0.15) is 0 Å². The molecule has 0 aromatic carbocycles. The highest BCUT2D eigenvalue weighted by atomic mass is 16.4. The number of carboxylic acids is 1. The Morgan fingerprint density at radius 3 is 2.27 bits per heavy atom. The second-order valence-electron chi connectivity index (χ2n) is 3.78. The van der Waals surface area contributed by atoms with Crippen molar-refractivity contribution in [3.8, 4) is 0 Å². The van der Waals surface area contributed by atoms with Crippen LogP contribution in [0.3, 0.4) is 0 Å². The Hall–Kier alpha value is -1.14.